The van der Waals surface area contributed by atoms with E-state index in [-0.39, 0.29) is 22.6 Å². The minimum Gasteiger partial charge on any atom is -0.408 e. The quantitative estimate of drug-likeness (QED) is 0.645. The van der Waals surface area contributed by atoms with Crippen molar-refractivity contribution in [2.45, 2.75) is 25.3 Å². The van der Waals surface area contributed by atoms with Crippen molar-refractivity contribution >= 4 is 21.1 Å². The largest absolute Gasteiger partial charge is 0.417 e. The molecule has 0 saturated heterocycles. The first-order valence-electron chi connectivity index (χ1n) is 7.08. The highest BCUT2D eigenvalue weighted by molar-refractivity contribution is 7.89. The number of hydrogen-bond donors (Lipinski definition) is 3. The Morgan fingerprint density at radius 1 is 1.12 bits per heavy atom. The maximum Gasteiger partial charge on any atom is 0.417 e. The van der Waals surface area contributed by atoms with Crippen LogP contribution in [0.1, 0.15) is 16.8 Å². The standard InChI is InChI=1S/C15H15N3O5S/c1-8-5-9(2)17-14(19)11(8)7-16-24(21,22)10-3-4-12-13(6-10)23-15(20)18-12/h3-6,16H,7H2,1-2H3,(H,17,19)(H,18,20). The second kappa shape index (κ2) is 5.77. The molecule has 2 heterocycles. The molecule has 0 spiro atoms. The van der Waals surface area contributed by atoms with Gasteiger partial charge in [-0.05, 0) is 37.6 Å². The van der Waals surface area contributed by atoms with Gasteiger partial charge in [0, 0.05) is 23.9 Å². The Labute approximate surface area is 136 Å². The van der Waals surface area contributed by atoms with Gasteiger partial charge in [-0.15, -0.1) is 0 Å². The van der Waals surface area contributed by atoms with Crippen LogP contribution in [0.15, 0.2) is 43.2 Å². The first kappa shape index (κ1) is 16.2. The molecule has 24 heavy (non-hydrogen) atoms. The van der Waals surface area contributed by atoms with Crippen LogP contribution in [0.25, 0.3) is 11.1 Å². The van der Waals surface area contributed by atoms with E-state index < -0.39 is 15.8 Å². The van der Waals surface area contributed by atoms with Crippen LogP contribution in [-0.2, 0) is 16.6 Å². The van der Waals surface area contributed by atoms with Gasteiger partial charge in [0.05, 0.1) is 10.4 Å². The molecule has 1 aromatic carbocycles. The number of nitrogens with one attached hydrogen (secondary N) is 3. The second-order valence-electron chi connectivity index (χ2n) is 5.44. The Balaban J connectivity index is 1.90. The fourth-order valence-electron chi connectivity index (χ4n) is 2.44. The second-order valence-corrected chi connectivity index (χ2v) is 7.21. The van der Waals surface area contributed by atoms with Crippen molar-refractivity contribution in [2.24, 2.45) is 0 Å². The van der Waals surface area contributed by atoms with Crippen molar-refractivity contribution in [1.82, 2.24) is 14.7 Å². The monoisotopic (exact) mass is 349 g/mol. The molecule has 2 aromatic heterocycles. The van der Waals surface area contributed by atoms with Gasteiger partial charge in [0.25, 0.3) is 5.56 Å². The molecule has 0 radical (unpaired) electrons. The van der Waals surface area contributed by atoms with E-state index in [0.717, 1.165) is 0 Å². The van der Waals surface area contributed by atoms with E-state index in [9.17, 15) is 18.0 Å². The summed E-state index contributed by atoms with van der Waals surface area (Å²) in [7, 11) is -3.86. The van der Waals surface area contributed by atoms with Gasteiger partial charge in [0.15, 0.2) is 5.58 Å². The van der Waals surface area contributed by atoms with Crippen LogP contribution >= 0.6 is 0 Å². The van der Waals surface area contributed by atoms with Gasteiger partial charge in [-0.3, -0.25) is 9.78 Å². The van der Waals surface area contributed by atoms with E-state index >= 15 is 0 Å². The molecule has 3 rings (SSSR count). The minimum atomic E-state index is -3.86. The summed E-state index contributed by atoms with van der Waals surface area (Å²) in [5, 5.41) is 0. The van der Waals surface area contributed by atoms with E-state index in [2.05, 4.69) is 14.7 Å². The molecule has 0 amide bonds. The Morgan fingerprint density at radius 2 is 1.88 bits per heavy atom. The van der Waals surface area contributed by atoms with Gasteiger partial charge in [-0.25, -0.2) is 17.9 Å². The van der Waals surface area contributed by atoms with Crippen molar-refractivity contribution in [3.05, 3.63) is 62.0 Å². The molecule has 0 atom stereocenters. The molecule has 0 bridgehead atoms. The molecular weight excluding hydrogens is 334 g/mol. The first-order chi connectivity index (χ1) is 11.3. The van der Waals surface area contributed by atoms with Crippen molar-refractivity contribution in [2.75, 3.05) is 0 Å². The Kier molecular flexibility index (Phi) is 3.90. The van der Waals surface area contributed by atoms with Gasteiger partial charge < -0.3 is 9.40 Å². The van der Waals surface area contributed by atoms with E-state index in [1.54, 1.807) is 19.9 Å². The fourth-order valence-corrected chi connectivity index (χ4v) is 3.46. The normalized spacial score (nSPS) is 11.9. The van der Waals surface area contributed by atoms with Crippen LogP contribution in [0, 0.1) is 13.8 Å². The summed E-state index contributed by atoms with van der Waals surface area (Å²) in [4.78, 5) is 28.1. The molecule has 3 N–H and O–H groups in total. The number of aromatic amines is 2. The molecule has 0 saturated carbocycles. The van der Waals surface area contributed by atoms with Gasteiger partial charge in [0.2, 0.25) is 10.0 Å². The van der Waals surface area contributed by atoms with Crippen LogP contribution in [-0.4, -0.2) is 18.4 Å². The molecule has 0 aliphatic heterocycles. The molecule has 3 aromatic rings. The number of hydrogen-bond acceptors (Lipinski definition) is 5. The molecule has 126 valence electrons. The van der Waals surface area contributed by atoms with E-state index in [1.807, 2.05) is 0 Å². The molecule has 0 aliphatic carbocycles. The highest BCUT2D eigenvalue weighted by Crippen LogP contribution is 2.17. The van der Waals surface area contributed by atoms with Gasteiger partial charge in [0.1, 0.15) is 0 Å². The lowest BCUT2D eigenvalue weighted by Crippen LogP contribution is -2.28. The third-order valence-corrected chi connectivity index (χ3v) is 5.03. The van der Waals surface area contributed by atoms with Crippen LogP contribution < -0.4 is 16.0 Å². The van der Waals surface area contributed by atoms with Gasteiger partial charge >= 0.3 is 5.76 Å². The smallest absolute Gasteiger partial charge is 0.408 e. The summed E-state index contributed by atoms with van der Waals surface area (Å²) < 4.78 is 32.0. The van der Waals surface area contributed by atoms with Crippen LogP contribution in [0.5, 0.6) is 0 Å². The number of aromatic nitrogens is 2. The topological polar surface area (TPSA) is 125 Å². The molecule has 9 heteroatoms. The van der Waals surface area contributed by atoms with Crippen molar-refractivity contribution in [1.29, 1.82) is 0 Å². The lowest BCUT2D eigenvalue weighted by atomic mass is 10.1. The average Bonchev–Trinajstić information content (AvgIpc) is 2.85. The Hall–Kier alpha value is -2.65. The van der Waals surface area contributed by atoms with E-state index in [0.29, 0.717) is 22.3 Å². The summed E-state index contributed by atoms with van der Waals surface area (Å²) in [6, 6.07) is 5.81. The zero-order chi connectivity index (χ0) is 17.5. The molecular formula is C15H15N3O5S. The number of aryl methyl sites for hydroxylation is 2. The molecule has 8 nitrogen and oxygen atoms in total. The average molecular weight is 349 g/mol. The highest BCUT2D eigenvalue weighted by Gasteiger charge is 2.17. The third-order valence-electron chi connectivity index (χ3n) is 3.64. The highest BCUT2D eigenvalue weighted by atomic mass is 32.2. The molecule has 0 fully saturated rings. The van der Waals surface area contributed by atoms with Crippen molar-refractivity contribution < 1.29 is 12.8 Å². The third kappa shape index (κ3) is 3.03. The number of oxazole rings is 1. The maximum atomic E-state index is 12.4. The minimum absolute atomic E-state index is 0.0565. The zero-order valence-corrected chi connectivity index (χ0v) is 13.8. The van der Waals surface area contributed by atoms with E-state index in [4.69, 9.17) is 4.42 Å². The van der Waals surface area contributed by atoms with Crippen LogP contribution in [0.4, 0.5) is 0 Å². The summed E-state index contributed by atoms with van der Waals surface area (Å²) in [6.07, 6.45) is 0. The van der Waals surface area contributed by atoms with E-state index in [1.165, 1.54) is 18.2 Å². The van der Waals surface area contributed by atoms with Gasteiger partial charge in [-0.1, -0.05) is 0 Å². The number of benzene rings is 1. The Morgan fingerprint density at radius 3 is 2.58 bits per heavy atom. The predicted octanol–water partition coefficient (Wildman–Crippen LogP) is 0.905. The number of pyridine rings is 1. The Bertz CT molecular complexity index is 1140. The predicted molar refractivity (Wildman–Crippen MR) is 87.4 cm³/mol. The van der Waals surface area contributed by atoms with Gasteiger partial charge in [-0.2, -0.15) is 0 Å². The lowest BCUT2D eigenvalue weighted by Gasteiger charge is -2.09. The summed E-state index contributed by atoms with van der Waals surface area (Å²) in [5.41, 5.74) is 1.97. The number of rotatable bonds is 4. The summed E-state index contributed by atoms with van der Waals surface area (Å²) in [6.45, 7) is 3.35. The van der Waals surface area contributed by atoms with Crippen LogP contribution in [0.3, 0.4) is 0 Å². The maximum absolute atomic E-state index is 12.4. The molecule has 0 unspecified atom stereocenters. The fraction of sp³-hybridized carbons (Fsp3) is 0.200. The van der Waals surface area contributed by atoms with Crippen LogP contribution in [0.2, 0.25) is 0 Å². The van der Waals surface area contributed by atoms with Crippen molar-refractivity contribution in [3.63, 3.8) is 0 Å². The number of fused-ring (bicyclic) bond motifs is 1. The van der Waals surface area contributed by atoms with Crippen molar-refractivity contribution in [3.8, 4) is 0 Å². The number of H-pyrrole nitrogens is 2. The zero-order valence-electron chi connectivity index (χ0n) is 13.0. The summed E-state index contributed by atoms with van der Waals surface area (Å²) in [5.74, 6) is -0.658. The molecule has 0 aliphatic rings. The summed E-state index contributed by atoms with van der Waals surface area (Å²) >= 11 is 0. The SMILES string of the molecule is Cc1cc(C)c(CNS(=O)(=O)c2ccc3[nH]c(=O)oc3c2)c(=O)[nH]1. The lowest BCUT2D eigenvalue weighted by molar-refractivity contribution is 0.553. The number of sulfonamides is 1. The first-order valence-corrected chi connectivity index (χ1v) is 8.56.